The number of nitrogens with one attached hydrogen (secondary N) is 2. The number of carboxylic acids is 1. The molecule has 0 aromatic carbocycles. The van der Waals surface area contributed by atoms with Crippen molar-refractivity contribution in [3.63, 3.8) is 0 Å². The van der Waals surface area contributed by atoms with Gasteiger partial charge in [-0.1, -0.05) is 0 Å². The van der Waals surface area contributed by atoms with Gasteiger partial charge in [0.1, 0.15) is 24.2 Å². The van der Waals surface area contributed by atoms with Gasteiger partial charge >= 0.3 is 5.97 Å². The summed E-state index contributed by atoms with van der Waals surface area (Å²) in [6.07, 6.45) is 0.898. The number of likely N-dealkylation sites (tertiary alicyclic amines) is 1. The maximum atomic E-state index is 12.3. The van der Waals surface area contributed by atoms with Crippen molar-refractivity contribution in [1.82, 2.24) is 15.5 Å². The highest BCUT2D eigenvalue weighted by molar-refractivity contribution is 5.94. The number of aliphatic hydroxyl groups is 2. The van der Waals surface area contributed by atoms with Crippen LogP contribution in [0.15, 0.2) is 0 Å². The quantitative estimate of drug-likeness (QED) is 0.256. The fraction of sp³-hybridized carbons (Fsp3) is 0.714. The molecular formula is C14H24N4O7. The normalized spacial score (nSPS) is 20.5. The topological polar surface area (TPSA) is 182 Å². The molecule has 0 radical (unpaired) electrons. The summed E-state index contributed by atoms with van der Waals surface area (Å²) < 4.78 is 0. The highest BCUT2D eigenvalue weighted by atomic mass is 16.4. The molecule has 1 saturated heterocycles. The van der Waals surface area contributed by atoms with Crippen LogP contribution in [0.4, 0.5) is 0 Å². The molecule has 1 aliphatic heterocycles. The number of rotatable bonds is 8. The number of amides is 3. The number of hydrogen-bond acceptors (Lipinski definition) is 7. The highest BCUT2D eigenvalue weighted by Gasteiger charge is 2.37. The molecule has 11 heteroatoms. The van der Waals surface area contributed by atoms with Crippen molar-refractivity contribution in [3.8, 4) is 0 Å². The minimum Gasteiger partial charge on any atom is -0.480 e. The van der Waals surface area contributed by atoms with Gasteiger partial charge in [-0.15, -0.1) is 0 Å². The summed E-state index contributed by atoms with van der Waals surface area (Å²) in [5.41, 5.74) is 5.48. The van der Waals surface area contributed by atoms with Gasteiger partial charge in [-0.25, -0.2) is 0 Å². The number of aliphatic hydroxyl groups excluding tert-OH is 2. The van der Waals surface area contributed by atoms with Crippen LogP contribution in [0.5, 0.6) is 0 Å². The van der Waals surface area contributed by atoms with Crippen LogP contribution in [0.2, 0.25) is 0 Å². The van der Waals surface area contributed by atoms with Crippen molar-refractivity contribution in [1.29, 1.82) is 0 Å². The minimum atomic E-state index is -1.35. The summed E-state index contributed by atoms with van der Waals surface area (Å²) in [5.74, 6) is -3.35. The third-order valence-corrected chi connectivity index (χ3v) is 3.90. The molecule has 25 heavy (non-hydrogen) atoms. The summed E-state index contributed by atoms with van der Waals surface area (Å²) in [6, 6.07) is -4.55. The van der Waals surface area contributed by atoms with Crippen molar-refractivity contribution in [2.45, 2.75) is 43.9 Å². The lowest BCUT2D eigenvalue weighted by molar-refractivity contribution is -0.143. The molecule has 4 unspecified atom stereocenters. The van der Waals surface area contributed by atoms with Gasteiger partial charge in [0.05, 0.1) is 13.2 Å². The molecule has 0 aromatic heterocycles. The number of carboxylic acid groups (broad SMARTS) is 1. The predicted molar refractivity (Wildman–Crippen MR) is 84.1 cm³/mol. The van der Waals surface area contributed by atoms with E-state index in [2.05, 4.69) is 10.6 Å². The molecule has 1 heterocycles. The fourth-order valence-electron chi connectivity index (χ4n) is 2.43. The van der Waals surface area contributed by atoms with E-state index in [0.717, 1.165) is 0 Å². The van der Waals surface area contributed by atoms with Crippen LogP contribution in [-0.2, 0) is 19.2 Å². The summed E-state index contributed by atoms with van der Waals surface area (Å²) in [5, 5.41) is 31.5. The van der Waals surface area contributed by atoms with E-state index in [1.807, 2.05) is 0 Å². The van der Waals surface area contributed by atoms with Crippen molar-refractivity contribution in [3.05, 3.63) is 0 Å². The Bertz CT molecular complexity index is 527. The molecule has 0 aromatic rings. The number of carbonyl (C=O) groups excluding carboxylic acids is 3. The van der Waals surface area contributed by atoms with Gasteiger partial charge in [0, 0.05) is 6.54 Å². The maximum Gasteiger partial charge on any atom is 0.325 e. The van der Waals surface area contributed by atoms with E-state index in [-0.39, 0.29) is 6.54 Å². The summed E-state index contributed by atoms with van der Waals surface area (Å²) in [6.45, 7) is 0.236. The van der Waals surface area contributed by atoms with Crippen LogP contribution >= 0.6 is 0 Å². The zero-order valence-corrected chi connectivity index (χ0v) is 13.8. The van der Waals surface area contributed by atoms with Crippen molar-refractivity contribution in [2.75, 3.05) is 19.8 Å². The number of nitrogens with zero attached hydrogens (tertiary/aromatic N) is 1. The summed E-state index contributed by atoms with van der Waals surface area (Å²) in [7, 11) is 0. The van der Waals surface area contributed by atoms with E-state index in [4.69, 9.17) is 15.9 Å². The molecule has 1 rings (SSSR count). The van der Waals surface area contributed by atoms with Crippen LogP contribution < -0.4 is 16.4 Å². The average molecular weight is 360 g/mol. The molecule has 11 nitrogen and oxygen atoms in total. The Labute approximate surface area is 144 Å². The van der Waals surface area contributed by atoms with Gasteiger partial charge in [0.15, 0.2) is 0 Å². The van der Waals surface area contributed by atoms with Crippen LogP contribution in [0, 0.1) is 0 Å². The number of nitrogens with two attached hydrogens (primary N) is 1. The van der Waals surface area contributed by atoms with Gasteiger partial charge < -0.3 is 36.6 Å². The second-order valence-corrected chi connectivity index (χ2v) is 5.79. The largest absolute Gasteiger partial charge is 0.480 e. The standard InChI is InChI=1S/C14H24N4O7/c1-7(14(24)25)16-11(21)9(6-20)17-12(22)10-3-2-4-18(10)13(23)8(15)5-19/h7-10,19-20H,2-6,15H2,1H3,(H,16,21)(H,17,22)(H,24,25). The first-order valence-electron chi connectivity index (χ1n) is 7.84. The molecule has 0 aliphatic carbocycles. The Morgan fingerprint density at radius 2 is 1.84 bits per heavy atom. The van der Waals surface area contributed by atoms with Crippen LogP contribution in [0.1, 0.15) is 19.8 Å². The molecule has 0 spiro atoms. The Kier molecular flexibility index (Phi) is 7.74. The van der Waals surface area contributed by atoms with Crippen LogP contribution in [0.3, 0.4) is 0 Å². The van der Waals surface area contributed by atoms with Crippen LogP contribution in [0.25, 0.3) is 0 Å². The summed E-state index contributed by atoms with van der Waals surface area (Å²) in [4.78, 5) is 48.3. The second kappa shape index (κ2) is 9.30. The lowest BCUT2D eigenvalue weighted by atomic mass is 10.1. The highest BCUT2D eigenvalue weighted by Crippen LogP contribution is 2.18. The maximum absolute atomic E-state index is 12.3. The van der Waals surface area contributed by atoms with E-state index in [1.165, 1.54) is 11.8 Å². The molecule has 3 amide bonds. The smallest absolute Gasteiger partial charge is 0.325 e. The second-order valence-electron chi connectivity index (χ2n) is 5.79. The zero-order chi connectivity index (χ0) is 19.1. The van der Waals surface area contributed by atoms with Crippen molar-refractivity contribution in [2.24, 2.45) is 5.73 Å². The summed E-state index contributed by atoms with van der Waals surface area (Å²) >= 11 is 0. The number of aliphatic carboxylic acids is 1. The lowest BCUT2D eigenvalue weighted by Crippen LogP contribution is -2.57. The average Bonchev–Trinajstić information content (AvgIpc) is 3.07. The SMILES string of the molecule is CC(NC(=O)C(CO)NC(=O)C1CCCN1C(=O)C(N)CO)C(=O)O. The van der Waals surface area contributed by atoms with E-state index in [1.54, 1.807) is 0 Å². The van der Waals surface area contributed by atoms with Gasteiger partial charge in [-0.3, -0.25) is 19.2 Å². The predicted octanol–water partition coefficient (Wildman–Crippen LogP) is -3.64. The van der Waals surface area contributed by atoms with Gasteiger partial charge in [-0.2, -0.15) is 0 Å². The Morgan fingerprint density at radius 3 is 2.36 bits per heavy atom. The van der Waals surface area contributed by atoms with Crippen LogP contribution in [-0.4, -0.2) is 87.8 Å². The number of carbonyl (C=O) groups is 4. The zero-order valence-electron chi connectivity index (χ0n) is 13.8. The lowest BCUT2D eigenvalue weighted by Gasteiger charge is -2.27. The third-order valence-electron chi connectivity index (χ3n) is 3.90. The van der Waals surface area contributed by atoms with Gasteiger partial charge in [-0.05, 0) is 19.8 Å². The van der Waals surface area contributed by atoms with E-state index < -0.39 is 61.1 Å². The fourth-order valence-corrected chi connectivity index (χ4v) is 2.43. The number of hydrogen-bond donors (Lipinski definition) is 6. The molecule has 142 valence electrons. The van der Waals surface area contributed by atoms with E-state index in [9.17, 15) is 24.3 Å². The molecule has 0 saturated carbocycles. The first-order valence-corrected chi connectivity index (χ1v) is 7.84. The Hall–Kier alpha value is -2.24. The van der Waals surface area contributed by atoms with E-state index >= 15 is 0 Å². The van der Waals surface area contributed by atoms with Crippen molar-refractivity contribution >= 4 is 23.7 Å². The molecule has 0 bridgehead atoms. The Morgan fingerprint density at radius 1 is 1.20 bits per heavy atom. The molecule has 1 aliphatic rings. The van der Waals surface area contributed by atoms with Crippen molar-refractivity contribution < 1.29 is 34.5 Å². The molecule has 1 fully saturated rings. The minimum absolute atomic E-state index is 0.288. The first kappa shape index (κ1) is 20.8. The Balaban J connectivity index is 2.72. The molecule has 4 atom stereocenters. The van der Waals surface area contributed by atoms with E-state index in [0.29, 0.717) is 12.8 Å². The van der Waals surface area contributed by atoms with Gasteiger partial charge in [0.25, 0.3) is 0 Å². The monoisotopic (exact) mass is 360 g/mol. The molecular weight excluding hydrogens is 336 g/mol. The first-order chi connectivity index (χ1) is 11.7. The van der Waals surface area contributed by atoms with Gasteiger partial charge in [0.2, 0.25) is 17.7 Å². The molecule has 7 N–H and O–H groups in total. The third kappa shape index (κ3) is 5.37.